The standard InChI is InChI=1S/C20H17F3O2/c21-16-5-3-14(4-6-16)19-17(13-1-2-13)7-12(10-24)8-18(19)25-11-15-9-20(15,22)23/h3-8,10,13,15H,1-2,9,11H2. The van der Waals surface area contributed by atoms with Crippen LogP contribution in [0.15, 0.2) is 36.4 Å². The number of hydrogen-bond acceptors (Lipinski definition) is 2. The van der Waals surface area contributed by atoms with Gasteiger partial charge in [-0.25, -0.2) is 13.2 Å². The molecule has 2 saturated carbocycles. The van der Waals surface area contributed by atoms with Gasteiger partial charge >= 0.3 is 0 Å². The predicted octanol–water partition coefficient (Wildman–Crippen LogP) is 5.22. The number of alkyl halides is 2. The third-order valence-corrected chi connectivity index (χ3v) is 4.84. The molecule has 25 heavy (non-hydrogen) atoms. The van der Waals surface area contributed by atoms with Crippen molar-refractivity contribution in [1.29, 1.82) is 0 Å². The second-order valence-corrected chi connectivity index (χ2v) is 6.86. The molecule has 2 nitrogen and oxygen atoms in total. The maximum Gasteiger partial charge on any atom is 0.255 e. The number of halogens is 3. The molecule has 2 aliphatic rings. The van der Waals surface area contributed by atoms with Crippen LogP contribution in [-0.2, 0) is 0 Å². The largest absolute Gasteiger partial charge is 0.492 e. The van der Waals surface area contributed by atoms with Crippen molar-refractivity contribution in [3.05, 3.63) is 53.3 Å². The number of carbonyl (C=O) groups excluding carboxylic acids is 1. The van der Waals surface area contributed by atoms with Gasteiger partial charge in [0.25, 0.3) is 5.92 Å². The van der Waals surface area contributed by atoms with Crippen molar-refractivity contribution in [2.45, 2.75) is 31.1 Å². The monoisotopic (exact) mass is 346 g/mol. The third kappa shape index (κ3) is 3.28. The molecule has 130 valence electrons. The smallest absolute Gasteiger partial charge is 0.255 e. The summed E-state index contributed by atoms with van der Waals surface area (Å²) < 4.78 is 45.3. The van der Waals surface area contributed by atoms with Crippen LogP contribution in [0.4, 0.5) is 13.2 Å². The zero-order chi connectivity index (χ0) is 17.6. The minimum atomic E-state index is -2.66. The summed E-state index contributed by atoms with van der Waals surface area (Å²) in [4.78, 5) is 11.3. The summed E-state index contributed by atoms with van der Waals surface area (Å²) in [5.41, 5.74) is 2.97. The van der Waals surface area contributed by atoms with Gasteiger partial charge in [-0.3, -0.25) is 4.79 Å². The van der Waals surface area contributed by atoms with Crippen molar-refractivity contribution in [3.63, 3.8) is 0 Å². The number of ether oxygens (including phenoxy) is 1. The van der Waals surface area contributed by atoms with E-state index in [0.29, 0.717) is 17.2 Å². The Morgan fingerprint density at radius 2 is 1.84 bits per heavy atom. The number of rotatable bonds is 6. The lowest BCUT2D eigenvalue weighted by Gasteiger charge is -2.17. The molecule has 0 aliphatic heterocycles. The number of aldehydes is 1. The minimum Gasteiger partial charge on any atom is -0.492 e. The van der Waals surface area contributed by atoms with Crippen molar-refractivity contribution in [3.8, 4) is 16.9 Å². The van der Waals surface area contributed by atoms with Crippen molar-refractivity contribution in [1.82, 2.24) is 0 Å². The van der Waals surface area contributed by atoms with E-state index in [0.717, 1.165) is 35.8 Å². The fraction of sp³-hybridized carbons (Fsp3) is 0.350. The second-order valence-electron chi connectivity index (χ2n) is 6.86. The molecule has 0 N–H and O–H groups in total. The van der Waals surface area contributed by atoms with E-state index in [9.17, 15) is 18.0 Å². The summed E-state index contributed by atoms with van der Waals surface area (Å²) in [6, 6.07) is 9.42. The van der Waals surface area contributed by atoms with Gasteiger partial charge in [-0.15, -0.1) is 0 Å². The molecule has 1 unspecified atom stereocenters. The zero-order valence-electron chi connectivity index (χ0n) is 13.5. The molecule has 0 spiro atoms. The Morgan fingerprint density at radius 1 is 1.16 bits per heavy atom. The van der Waals surface area contributed by atoms with Gasteiger partial charge in [0.05, 0.1) is 12.5 Å². The molecule has 1 atom stereocenters. The van der Waals surface area contributed by atoms with Crippen molar-refractivity contribution < 1.29 is 22.7 Å². The van der Waals surface area contributed by atoms with E-state index in [2.05, 4.69) is 0 Å². The first-order valence-corrected chi connectivity index (χ1v) is 8.37. The molecule has 4 rings (SSSR count). The highest BCUT2D eigenvalue weighted by Crippen LogP contribution is 2.50. The second kappa shape index (κ2) is 5.90. The zero-order valence-corrected chi connectivity index (χ0v) is 13.5. The van der Waals surface area contributed by atoms with Gasteiger partial charge in [-0.1, -0.05) is 12.1 Å². The molecule has 2 aromatic rings. The van der Waals surface area contributed by atoms with Crippen LogP contribution in [0.25, 0.3) is 11.1 Å². The first-order chi connectivity index (χ1) is 12.0. The van der Waals surface area contributed by atoms with Crippen molar-refractivity contribution >= 4 is 6.29 Å². The molecule has 2 aliphatic carbocycles. The first-order valence-electron chi connectivity index (χ1n) is 8.37. The summed E-state index contributed by atoms with van der Waals surface area (Å²) in [6.45, 7) is -0.0897. The molecule has 0 bridgehead atoms. The highest BCUT2D eigenvalue weighted by molar-refractivity contribution is 5.83. The topological polar surface area (TPSA) is 26.3 Å². The van der Waals surface area contributed by atoms with Gasteiger partial charge in [0.2, 0.25) is 0 Å². The van der Waals surface area contributed by atoms with E-state index in [4.69, 9.17) is 4.74 Å². The molecule has 5 heteroatoms. The summed E-state index contributed by atoms with van der Waals surface area (Å²) >= 11 is 0. The van der Waals surface area contributed by atoms with Gasteiger partial charge in [-0.2, -0.15) is 0 Å². The van der Waals surface area contributed by atoms with Crippen LogP contribution in [0, 0.1) is 11.7 Å². The summed E-state index contributed by atoms with van der Waals surface area (Å²) in [5, 5.41) is 0. The Kier molecular flexibility index (Phi) is 3.82. The molecule has 2 aromatic carbocycles. The minimum absolute atomic E-state index is 0.0897. The fourth-order valence-electron chi connectivity index (χ4n) is 3.12. The quantitative estimate of drug-likeness (QED) is 0.671. The van der Waals surface area contributed by atoms with Crippen LogP contribution in [0.2, 0.25) is 0 Å². The molecular weight excluding hydrogens is 329 g/mol. The summed E-state index contributed by atoms with van der Waals surface area (Å²) in [5.74, 6) is -3.04. The van der Waals surface area contributed by atoms with Crippen LogP contribution in [0.3, 0.4) is 0 Å². The fourth-order valence-corrected chi connectivity index (χ4v) is 3.12. The molecule has 0 saturated heterocycles. The van der Waals surface area contributed by atoms with E-state index < -0.39 is 11.8 Å². The van der Waals surface area contributed by atoms with Gasteiger partial charge in [0, 0.05) is 17.5 Å². The SMILES string of the molecule is O=Cc1cc(OCC2CC2(F)F)c(-c2ccc(F)cc2)c(C2CC2)c1. The first kappa shape index (κ1) is 16.2. The molecule has 0 heterocycles. The summed E-state index contributed by atoms with van der Waals surface area (Å²) in [6.07, 6.45) is 2.59. The van der Waals surface area contributed by atoms with Gasteiger partial charge in [-0.05, 0) is 54.2 Å². The Labute approximate surface area is 143 Å². The van der Waals surface area contributed by atoms with E-state index >= 15 is 0 Å². The highest BCUT2D eigenvalue weighted by atomic mass is 19.3. The lowest BCUT2D eigenvalue weighted by atomic mass is 9.93. The van der Waals surface area contributed by atoms with E-state index in [1.807, 2.05) is 6.07 Å². The van der Waals surface area contributed by atoms with Crippen LogP contribution < -0.4 is 4.74 Å². The Balaban J connectivity index is 1.75. The lowest BCUT2D eigenvalue weighted by Crippen LogP contribution is -2.07. The maximum absolute atomic E-state index is 13.3. The average Bonchev–Trinajstić information content (AvgIpc) is 3.50. The molecule has 0 radical (unpaired) electrons. The number of benzene rings is 2. The Hall–Kier alpha value is -2.30. The van der Waals surface area contributed by atoms with Crippen LogP contribution in [-0.4, -0.2) is 18.8 Å². The Morgan fingerprint density at radius 3 is 2.40 bits per heavy atom. The molecular formula is C20H17F3O2. The Bertz CT molecular complexity index is 810. The lowest BCUT2D eigenvalue weighted by molar-refractivity contribution is 0.0856. The van der Waals surface area contributed by atoms with Gasteiger partial charge in [0.1, 0.15) is 17.9 Å². The molecule has 0 aromatic heterocycles. The maximum atomic E-state index is 13.3. The predicted molar refractivity (Wildman–Crippen MR) is 87.7 cm³/mol. The van der Waals surface area contributed by atoms with Crippen molar-refractivity contribution in [2.24, 2.45) is 5.92 Å². The van der Waals surface area contributed by atoms with Crippen LogP contribution in [0.5, 0.6) is 5.75 Å². The van der Waals surface area contributed by atoms with E-state index in [1.54, 1.807) is 18.2 Å². The summed E-state index contributed by atoms with van der Waals surface area (Å²) in [7, 11) is 0. The van der Waals surface area contributed by atoms with Crippen LogP contribution in [0.1, 0.15) is 41.1 Å². The number of hydrogen-bond donors (Lipinski definition) is 0. The highest BCUT2D eigenvalue weighted by Gasteiger charge is 2.57. The van der Waals surface area contributed by atoms with Crippen LogP contribution >= 0.6 is 0 Å². The van der Waals surface area contributed by atoms with E-state index in [-0.39, 0.29) is 18.8 Å². The van der Waals surface area contributed by atoms with Gasteiger partial charge in [0.15, 0.2) is 0 Å². The average molecular weight is 346 g/mol. The van der Waals surface area contributed by atoms with E-state index in [1.165, 1.54) is 12.1 Å². The normalized spacial score (nSPS) is 21.0. The third-order valence-electron chi connectivity index (χ3n) is 4.84. The van der Waals surface area contributed by atoms with Gasteiger partial charge < -0.3 is 4.74 Å². The van der Waals surface area contributed by atoms with Crippen molar-refractivity contribution in [2.75, 3.05) is 6.61 Å². The molecule has 0 amide bonds. The molecule has 2 fully saturated rings. The number of carbonyl (C=O) groups is 1.